The summed E-state index contributed by atoms with van der Waals surface area (Å²) in [7, 11) is -2.99. The van der Waals surface area contributed by atoms with Crippen LogP contribution in [-0.2, 0) is 21.4 Å². The van der Waals surface area contributed by atoms with Crippen molar-refractivity contribution in [3.05, 3.63) is 58.3 Å². The molecule has 0 radical (unpaired) electrons. The Hall–Kier alpha value is -2.50. The fraction of sp³-hybridized carbons (Fsp3) is 0.125. The lowest BCUT2D eigenvalue weighted by atomic mass is 10.2. The molecule has 7 nitrogen and oxygen atoms in total. The number of ether oxygens (including phenoxy) is 1. The number of rotatable bonds is 5. The highest BCUT2D eigenvalue weighted by atomic mass is 35.5. The SMILES string of the molecule is CNC(=O)OCc1cn(S(=O)(=O)c2ccc(Cl)s2)c(-c2cccnc2F)c1F. The van der Waals surface area contributed by atoms with Gasteiger partial charge in [0.2, 0.25) is 5.95 Å². The van der Waals surface area contributed by atoms with E-state index in [0.29, 0.717) is 3.97 Å². The van der Waals surface area contributed by atoms with Crippen molar-refractivity contribution in [1.29, 1.82) is 0 Å². The highest BCUT2D eigenvalue weighted by Crippen LogP contribution is 2.34. The van der Waals surface area contributed by atoms with Gasteiger partial charge in [0.25, 0.3) is 10.0 Å². The van der Waals surface area contributed by atoms with Crippen molar-refractivity contribution >= 4 is 39.1 Å². The van der Waals surface area contributed by atoms with E-state index in [4.69, 9.17) is 16.3 Å². The average molecular weight is 448 g/mol. The fourth-order valence-electron chi connectivity index (χ4n) is 2.35. The average Bonchev–Trinajstić information content (AvgIpc) is 3.25. The molecule has 0 aliphatic rings. The molecule has 0 bridgehead atoms. The van der Waals surface area contributed by atoms with E-state index in [-0.39, 0.29) is 19.7 Å². The highest BCUT2D eigenvalue weighted by molar-refractivity contribution is 7.92. The van der Waals surface area contributed by atoms with Gasteiger partial charge >= 0.3 is 6.09 Å². The topological polar surface area (TPSA) is 90.3 Å². The van der Waals surface area contributed by atoms with Crippen LogP contribution in [0.4, 0.5) is 13.6 Å². The molecule has 0 saturated heterocycles. The van der Waals surface area contributed by atoms with E-state index in [1.807, 2.05) is 0 Å². The molecule has 3 aromatic rings. The van der Waals surface area contributed by atoms with Gasteiger partial charge in [-0.25, -0.2) is 18.1 Å². The zero-order valence-electron chi connectivity index (χ0n) is 14.1. The highest BCUT2D eigenvalue weighted by Gasteiger charge is 2.29. The van der Waals surface area contributed by atoms with Gasteiger partial charge < -0.3 is 10.1 Å². The molecule has 1 N–H and O–H groups in total. The van der Waals surface area contributed by atoms with E-state index in [2.05, 4.69) is 10.3 Å². The number of hydrogen-bond donors (Lipinski definition) is 1. The van der Waals surface area contributed by atoms with Crippen LogP contribution in [0, 0.1) is 11.8 Å². The van der Waals surface area contributed by atoms with Gasteiger partial charge in [0, 0.05) is 25.0 Å². The number of hydrogen-bond acceptors (Lipinski definition) is 6. The van der Waals surface area contributed by atoms with E-state index in [9.17, 15) is 17.6 Å². The van der Waals surface area contributed by atoms with Crippen molar-refractivity contribution in [1.82, 2.24) is 14.3 Å². The van der Waals surface area contributed by atoms with Crippen LogP contribution >= 0.6 is 22.9 Å². The van der Waals surface area contributed by atoms with E-state index in [0.717, 1.165) is 23.7 Å². The van der Waals surface area contributed by atoms with Crippen molar-refractivity contribution in [3.8, 4) is 11.3 Å². The van der Waals surface area contributed by atoms with Crippen LogP contribution < -0.4 is 5.32 Å². The lowest BCUT2D eigenvalue weighted by Crippen LogP contribution is -2.19. The molecule has 0 fully saturated rings. The maximum Gasteiger partial charge on any atom is 0.407 e. The number of thiophene rings is 1. The number of nitrogens with one attached hydrogen (secondary N) is 1. The van der Waals surface area contributed by atoms with Crippen LogP contribution in [0.3, 0.4) is 0 Å². The third kappa shape index (κ3) is 3.73. The van der Waals surface area contributed by atoms with Gasteiger partial charge in [-0.2, -0.15) is 12.8 Å². The van der Waals surface area contributed by atoms with Crippen LogP contribution in [0.1, 0.15) is 5.56 Å². The van der Waals surface area contributed by atoms with Gasteiger partial charge in [0.05, 0.1) is 9.90 Å². The van der Waals surface area contributed by atoms with Gasteiger partial charge in [-0.15, -0.1) is 11.3 Å². The second-order valence-electron chi connectivity index (χ2n) is 5.34. The second-order valence-corrected chi connectivity index (χ2v) is 9.10. The van der Waals surface area contributed by atoms with Crippen molar-refractivity contribution in [3.63, 3.8) is 0 Å². The minimum Gasteiger partial charge on any atom is -0.445 e. The van der Waals surface area contributed by atoms with Gasteiger partial charge in [-0.3, -0.25) is 0 Å². The molecule has 0 aliphatic heterocycles. The number of carbonyl (C=O) groups is 1. The largest absolute Gasteiger partial charge is 0.445 e. The molecule has 0 aromatic carbocycles. The van der Waals surface area contributed by atoms with Gasteiger partial charge in [-0.1, -0.05) is 11.6 Å². The molecule has 1 amide bonds. The van der Waals surface area contributed by atoms with Crippen LogP contribution in [0.15, 0.2) is 40.9 Å². The van der Waals surface area contributed by atoms with E-state index in [1.165, 1.54) is 31.3 Å². The maximum atomic E-state index is 15.1. The summed E-state index contributed by atoms with van der Waals surface area (Å²) in [6.07, 6.45) is 1.24. The lowest BCUT2D eigenvalue weighted by Gasteiger charge is -2.09. The van der Waals surface area contributed by atoms with Crippen LogP contribution in [0.5, 0.6) is 0 Å². The molecule has 3 rings (SSSR count). The van der Waals surface area contributed by atoms with Crippen molar-refractivity contribution in [2.24, 2.45) is 0 Å². The summed E-state index contributed by atoms with van der Waals surface area (Å²) in [6.45, 7) is -0.561. The monoisotopic (exact) mass is 447 g/mol. The third-order valence-corrected chi connectivity index (χ3v) is 6.98. The second kappa shape index (κ2) is 7.86. The molecule has 0 unspecified atom stereocenters. The predicted molar refractivity (Wildman–Crippen MR) is 98.7 cm³/mol. The Morgan fingerprint density at radius 2 is 2.11 bits per heavy atom. The summed E-state index contributed by atoms with van der Waals surface area (Å²) in [5, 5.41) is 2.18. The predicted octanol–water partition coefficient (Wildman–Crippen LogP) is 3.64. The standard InChI is InChI=1S/C16H12ClF2N3O4S2/c1-20-16(23)26-8-9-7-22(28(24,25)12-5-4-11(17)27-12)14(13(9)18)10-3-2-6-21-15(10)19/h2-7H,8H2,1H3,(H,20,23). The lowest BCUT2D eigenvalue weighted by molar-refractivity contribution is 0.141. The summed E-state index contributed by atoms with van der Waals surface area (Å²) in [5.41, 5.74) is -1.18. The first-order chi connectivity index (χ1) is 13.3. The van der Waals surface area contributed by atoms with Gasteiger partial charge in [-0.05, 0) is 24.3 Å². The maximum absolute atomic E-state index is 15.1. The van der Waals surface area contributed by atoms with Crippen molar-refractivity contribution in [2.45, 2.75) is 10.8 Å². The zero-order valence-corrected chi connectivity index (χ0v) is 16.5. The van der Waals surface area contributed by atoms with Crippen LogP contribution in [-0.4, -0.2) is 30.5 Å². The van der Waals surface area contributed by atoms with Crippen LogP contribution in [0.2, 0.25) is 4.34 Å². The third-order valence-electron chi connectivity index (χ3n) is 3.62. The number of nitrogens with zero attached hydrogens (tertiary/aromatic N) is 2. The molecular formula is C16H12ClF2N3O4S2. The number of carbonyl (C=O) groups excluding carboxylic acids is 1. The summed E-state index contributed by atoms with van der Waals surface area (Å²) in [5.74, 6) is -2.11. The number of aromatic nitrogens is 2. The van der Waals surface area contributed by atoms with E-state index in [1.54, 1.807) is 0 Å². The smallest absolute Gasteiger partial charge is 0.407 e. The van der Waals surface area contributed by atoms with Gasteiger partial charge in [0.1, 0.15) is 16.5 Å². The van der Waals surface area contributed by atoms with E-state index < -0.39 is 40.2 Å². The van der Waals surface area contributed by atoms with Crippen molar-refractivity contribution in [2.75, 3.05) is 7.05 Å². The summed E-state index contributed by atoms with van der Waals surface area (Å²) < 4.78 is 60.7. The Labute approximate surface area is 167 Å². The molecule has 148 valence electrons. The Morgan fingerprint density at radius 1 is 1.36 bits per heavy atom. The van der Waals surface area contributed by atoms with E-state index >= 15 is 4.39 Å². The molecule has 12 heteroatoms. The minimum atomic E-state index is -4.30. The number of alkyl carbamates (subject to hydrolysis) is 1. The number of amides is 1. The normalized spacial score (nSPS) is 11.4. The zero-order chi connectivity index (χ0) is 20.5. The summed E-state index contributed by atoms with van der Waals surface area (Å²) in [6, 6.07) is 5.16. The first kappa shape index (κ1) is 20.2. The molecule has 3 aromatic heterocycles. The number of pyridine rings is 1. The summed E-state index contributed by atoms with van der Waals surface area (Å²) >= 11 is 6.57. The Balaban J connectivity index is 2.20. The van der Waals surface area contributed by atoms with Crippen molar-refractivity contribution < 1.29 is 26.7 Å². The molecule has 0 aliphatic carbocycles. The first-order valence-electron chi connectivity index (χ1n) is 7.61. The van der Waals surface area contributed by atoms with Gasteiger partial charge in [0.15, 0.2) is 5.82 Å². The molecule has 3 heterocycles. The minimum absolute atomic E-state index is 0.170. The molecule has 28 heavy (non-hydrogen) atoms. The molecule has 0 atom stereocenters. The Bertz CT molecular complexity index is 1140. The fourth-order valence-corrected chi connectivity index (χ4v) is 5.31. The van der Waals surface area contributed by atoms with Crippen LogP contribution in [0.25, 0.3) is 11.3 Å². The first-order valence-corrected chi connectivity index (χ1v) is 10.2. The quantitative estimate of drug-likeness (QED) is 0.603. The Kier molecular flexibility index (Phi) is 5.68. The molecule has 0 saturated carbocycles. The molecule has 0 spiro atoms. The number of halogens is 3. The molecular weight excluding hydrogens is 436 g/mol. The summed E-state index contributed by atoms with van der Waals surface area (Å²) in [4.78, 5) is 14.7. The Morgan fingerprint density at radius 3 is 2.71 bits per heavy atom.